The van der Waals surface area contributed by atoms with Crippen LogP contribution in [-0.2, 0) is 24.0 Å². The van der Waals surface area contributed by atoms with E-state index in [-0.39, 0.29) is 54.5 Å². The van der Waals surface area contributed by atoms with Crippen molar-refractivity contribution in [1.29, 1.82) is 0 Å². The van der Waals surface area contributed by atoms with Gasteiger partial charge in [0.05, 0.1) is 23.4 Å². The number of nitrogens with one attached hydrogen (secondary N) is 1. The Hall–Kier alpha value is -3.52. The standard InChI is InChI=1S/C31H46ClN5O4.C4H4O4/c1-4-19(28(40)35-27-20-9-18-10-21(27)14-31(12-18,13-20)29(34)41)11-25(38)23(33)15-36-16-26(39)37(17-30(36,2)3)24-8-6-5-7-22(24)32;5-3(6)1-2-4(7)8/h5-8,18-21,23,25,27,38H,4,9-17,33H2,1-3H3,(H2,34,41)(H,35,40);1-2H,(H,5,6)(H,7,8)/b;2-1+/t18?,19-,20?,21?,23+,25+,27?,31?;/m1./s1. The third kappa shape index (κ3) is 8.99. The molecule has 13 nitrogen and oxygen atoms in total. The Labute approximate surface area is 292 Å². The number of rotatable bonds is 12. The Balaban J connectivity index is 0.000000603. The summed E-state index contributed by atoms with van der Waals surface area (Å²) in [6.45, 7) is 7.00. The van der Waals surface area contributed by atoms with Gasteiger partial charge in [0, 0.05) is 54.2 Å². The molecule has 6 rings (SSSR count). The number of hydrogen-bond donors (Lipinski definition) is 6. The molecule has 4 saturated carbocycles. The van der Waals surface area contributed by atoms with E-state index in [0.29, 0.717) is 48.3 Å². The minimum Gasteiger partial charge on any atom is -0.478 e. The second-order valence-electron chi connectivity index (χ2n) is 14.9. The number of aliphatic hydroxyl groups is 1. The molecule has 4 aliphatic carbocycles. The van der Waals surface area contributed by atoms with Gasteiger partial charge in [0.2, 0.25) is 17.7 Å². The van der Waals surface area contributed by atoms with Crippen molar-refractivity contribution in [2.24, 2.45) is 40.6 Å². The number of piperazine rings is 1. The van der Waals surface area contributed by atoms with E-state index in [1.807, 2.05) is 30.0 Å². The van der Waals surface area contributed by atoms with Crippen LogP contribution in [0.4, 0.5) is 5.69 Å². The maximum Gasteiger partial charge on any atom is 0.328 e. The summed E-state index contributed by atoms with van der Waals surface area (Å²) in [6.07, 6.45) is 5.58. The lowest BCUT2D eigenvalue weighted by molar-refractivity contribution is -0.148. The van der Waals surface area contributed by atoms with Crippen molar-refractivity contribution in [1.82, 2.24) is 10.2 Å². The number of aliphatic hydroxyl groups excluding tert-OH is 1. The summed E-state index contributed by atoms with van der Waals surface area (Å²) in [5.74, 6) is -2.09. The average molecular weight is 704 g/mol. The summed E-state index contributed by atoms with van der Waals surface area (Å²) < 4.78 is 0. The van der Waals surface area contributed by atoms with Gasteiger partial charge < -0.3 is 37.0 Å². The van der Waals surface area contributed by atoms with Gasteiger partial charge in [-0.2, -0.15) is 0 Å². The minimum absolute atomic E-state index is 0.0480. The molecule has 1 saturated heterocycles. The molecule has 14 heteroatoms. The van der Waals surface area contributed by atoms with E-state index in [0.717, 1.165) is 32.1 Å². The number of carbonyl (C=O) groups is 5. The number of aliphatic carboxylic acids is 2. The lowest BCUT2D eigenvalue weighted by Gasteiger charge is -2.59. The first kappa shape index (κ1) is 38.3. The highest BCUT2D eigenvalue weighted by atomic mass is 35.5. The maximum absolute atomic E-state index is 13.4. The molecule has 49 heavy (non-hydrogen) atoms. The van der Waals surface area contributed by atoms with Gasteiger partial charge in [-0.3, -0.25) is 19.3 Å². The van der Waals surface area contributed by atoms with E-state index in [2.05, 4.69) is 19.2 Å². The topological polar surface area (TPSA) is 217 Å². The Morgan fingerprint density at radius 1 is 1.06 bits per heavy atom. The number of hydrogen-bond acceptors (Lipinski definition) is 8. The van der Waals surface area contributed by atoms with Crippen LogP contribution in [0.5, 0.6) is 0 Å². The first-order valence-corrected chi connectivity index (χ1v) is 17.3. The zero-order valence-corrected chi connectivity index (χ0v) is 29.1. The smallest absolute Gasteiger partial charge is 0.328 e. The molecule has 5 atom stereocenters. The van der Waals surface area contributed by atoms with E-state index in [4.69, 9.17) is 33.3 Å². The van der Waals surface area contributed by atoms with Crippen LogP contribution in [0.25, 0.3) is 0 Å². The Bertz CT molecular complexity index is 1420. The molecule has 4 bridgehead atoms. The average Bonchev–Trinajstić information content (AvgIpc) is 3.02. The summed E-state index contributed by atoms with van der Waals surface area (Å²) in [5, 5.41) is 30.6. The number of anilines is 1. The molecule has 270 valence electrons. The second-order valence-corrected chi connectivity index (χ2v) is 15.3. The minimum atomic E-state index is -1.26. The number of benzene rings is 1. The zero-order valence-electron chi connectivity index (χ0n) is 28.4. The van der Waals surface area contributed by atoms with Crippen LogP contribution in [0.15, 0.2) is 36.4 Å². The summed E-state index contributed by atoms with van der Waals surface area (Å²) in [7, 11) is 0. The van der Waals surface area contributed by atoms with Crippen LogP contribution >= 0.6 is 11.6 Å². The number of nitrogens with zero attached hydrogens (tertiary/aromatic N) is 2. The number of para-hydroxylation sites is 1. The van der Waals surface area contributed by atoms with E-state index >= 15 is 0 Å². The molecule has 3 amide bonds. The molecular weight excluding hydrogens is 654 g/mol. The van der Waals surface area contributed by atoms with Crippen LogP contribution in [-0.4, -0.2) is 93.2 Å². The predicted octanol–water partition coefficient (Wildman–Crippen LogP) is 2.38. The molecule has 1 aromatic carbocycles. The molecule has 5 aliphatic rings. The number of carbonyl (C=O) groups excluding carboxylic acids is 3. The fraction of sp³-hybridized carbons (Fsp3) is 0.629. The van der Waals surface area contributed by atoms with E-state index in [1.165, 1.54) is 0 Å². The maximum atomic E-state index is 13.4. The first-order valence-electron chi connectivity index (χ1n) is 16.9. The fourth-order valence-corrected chi connectivity index (χ4v) is 8.77. The van der Waals surface area contributed by atoms with Gasteiger partial charge in [-0.25, -0.2) is 9.59 Å². The summed E-state index contributed by atoms with van der Waals surface area (Å²) in [6, 6.07) is 6.76. The largest absolute Gasteiger partial charge is 0.478 e. The quantitative estimate of drug-likeness (QED) is 0.175. The van der Waals surface area contributed by atoms with E-state index in [9.17, 15) is 29.1 Å². The van der Waals surface area contributed by atoms with E-state index < -0.39 is 35.0 Å². The van der Waals surface area contributed by atoms with Crippen molar-refractivity contribution in [2.45, 2.75) is 89.4 Å². The summed E-state index contributed by atoms with van der Waals surface area (Å²) in [4.78, 5) is 61.7. The van der Waals surface area contributed by atoms with Crippen LogP contribution < -0.4 is 21.7 Å². The van der Waals surface area contributed by atoms with Gasteiger partial charge in [-0.1, -0.05) is 30.7 Å². The van der Waals surface area contributed by atoms with Gasteiger partial charge in [-0.15, -0.1) is 0 Å². The summed E-state index contributed by atoms with van der Waals surface area (Å²) >= 11 is 6.37. The SMILES string of the molecule is CC[C@H](C[C@H](O)[C@@H](N)CN1CC(=O)N(c2ccccc2Cl)CC1(C)C)C(=O)NC1C2CC3CC1CC(C(N)=O)(C3)C2.O=C(O)/C=C/C(=O)O. The van der Waals surface area contributed by atoms with Crippen molar-refractivity contribution in [3.63, 3.8) is 0 Å². The Kier molecular flexibility index (Phi) is 12.2. The fourth-order valence-electron chi connectivity index (χ4n) is 8.53. The van der Waals surface area contributed by atoms with Crippen molar-refractivity contribution >= 4 is 46.9 Å². The van der Waals surface area contributed by atoms with Gasteiger partial charge in [0.1, 0.15) is 0 Å². The van der Waals surface area contributed by atoms with Crippen LogP contribution in [0, 0.1) is 29.1 Å². The predicted molar refractivity (Wildman–Crippen MR) is 183 cm³/mol. The number of carboxylic acids is 2. The second kappa shape index (κ2) is 15.6. The van der Waals surface area contributed by atoms with Crippen molar-refractivity contribution in [3.8, 4) is 0 Å². The highest BCUT2D eigenvalue weighted by Crippen LogP contribution is 2.60. The molecule has 1 heterocycles. The normalized spacial score (nSPS) is 29.1. The van der Waals surface area contributed by atoms with E-state index in [1.54, 1.807) is 11.0 Å². The number of carboxylic acid groups (broad SMARTS) is 2. The monoisotopic (exact) mass is 703 g/mol. The number of amides is 3. The molecule has 0 spiro atoms. The van der Waals surface area contributed by atoms with Gasteiger partial charge >= 0.3 is 11.9 Å². The molecular formula is C35H50ClN5O8. The van der Waals surface area contributed by atoms with Gasteiger partial charge in [0.15, 0.2) is 0 Å². The third-order valence-electron chi connectivity index (χ3n) is 11.0. The van der Waals surface area contributed by atoms with Gasteiger partial charge in [0.25, 0.3) is 0 Å². The number of primary amides is 1. The van der Waals surface area contributed by atoms with Gasteiger partial charge in [-0.05, 0) is 88.7 Å². The number of nitrogens with two attached hydrogens (primary N) is 2. The molecule has 1 aromatic rings. The lowest BCUT2D eigenvalue weighted by Crippen LogP contribution is -2.64. The highest BCUT2D eigenvalue weighted by Gasteiger charge is 2.58. The molecule has 5 fully saturated rings. The molecule has 0 radical (unpaired) electrons. The Morgan fingerprint density at radius 3 is 2.18 bits per heavy atom. The zero-order chi connectivity index (χ0) is 36.3. The third-order valence-corrected chi connectivity index (χ3v) is 11.3. The number of halogens is 1. The van der Waals surface area contributed by atoms with Crippen LogP contribution in [0.2, 0.25) is 5.02 Å². The lowest BCUT2D eigenvalue weighted by atomic mass is 9.47. The Morgan fingerprint density at radius 2 is 1.65 bits per heavy atom. The van der Waals surface area contributed by atoms with Crippen molar-refractivity contribution < 1.29 is 39.3 Å². The molecule has 0 aromatic heterocycles. The van der Waals surface area contributed by atoms with Crippen molar-refractivity contribution in [2.75, 3.05) is 24.5 Å². The van der Waals surface area contributed by atoms with Crippen molar-refractivity contribution in [3.05, 3.63) is 41.4 Å². The molecule has 2 unspecified atom stereocenters. The highest BCUT2D eigenvalue weighted by molar-refractivity contribution is 6.33. The van der Waals surface area contributed by atoms with Crippen LogP contribution in [0.3, 0.4) is 0 Å². The summed E-state index contributed by atoms with van der Waals surface area (Å²) in [5.41, 5.74) is 12.2. The molecule has 8 N–H and O–H groups in total. The van der Waals surface area contributed by atoms with Crippen LogP contribution in [0.1, 0.15) is 65.7 Å². The molecule has 1 aliphatic heterocycles. The first-order chi connectivity index (χ1) is 23.0.